The molecule has 0 spiro atoms. The Labute approximate surface area is 129 Å². The molecule has 0 radical (unpaired) electrons. The molecule has 3 heterocycles. The molecule has 7 heteroatoms. The van der Waals surface area contributed by atoms with E-state index in [4.69, 9.17) is 4.74 Å². The van der Waals surface area contributed by atoms with Crippen LogP contribution in [0.4, 0.5) is 0 Å². The summed E-state index contributed by atoms with van der Waals surface area (Å²) in [5, 5.41) is 2.91. The second-order valence-corrected chi connectivity index (χ2v) is 6.00. The standard InChI is InChI=1S/C15H22N4O3/c20-14-9-16-13(8-17-14)15(21)18-7-11-1-4-19(10-11)12-2-5-22-6-3-12/h8-9,11-12H,1-7,10H2,(H,17,20)(H,18,21)/t11-/m0/s1. The normalized spacial score (nSPS) is 23.5. The average molecular weight is 306 g/mol. The lowest BCUT2D eigenvalue weighted by Crippen LogP contribution is -2.39. The van der Waals surface area contributed by atoms with Crippen LogP contribution in [0.25, 0.3) is 0 Å². The predicted molar refractivity (Wildman–Crippen MR) is 80.7 cm³/mol. The van der Waals surface area contributed by atoms with Crippen molar-refractivity contribution in [1.29, 1.82) is 0 Å². The van der Waals surface area contributed by atoms with Crippen LogP contribution in [0.3, 0.4) is 0 Å². The van der Waals surface area contributed by atoms with Crippen molar-refractivity contribution in [2.45, 2.75) is 25.3 Å². The number of H-pyrrole nitrogens is 1. The number of carbonyl (C=O) groups excluding carboxylic acids is 1. The van der Waals surface area contributed by atoms with E-state index in [1.54, 1.807) is 0 Å². The lowest BCUT2D eigenvalue weighted by Gasteiger charge is -2.31. The largest absolute Gasteiger partial charge is 0.381 e. The SMILES string of the molecule is O=C(NC[C@@H]1CCN(C2CCOCC2)C1)c1c[nH]c(=O)cn1. The van der Waals surface area contributed by atoms with Crippen LogP contribution in [0.1, 0.15) is 29.8 Å². The third-order valence-electron chi connectivity index (χ3n) is 4.48. The molecule has 22 heavy (non-hydrogen) atoms. The van der Waals surface area contributed by atoms with Crippen molar-refractivity contribution < 1.29 is 9.53 Å². The molecule has 2 saturated heterocycles. The number of amides is 1. The van der Waals surface area contributed by atoms with Gasteiger partial charge in [-0.1, -0.05) is 0 Å². The Balaban J connectivity index is 1.45. The molecule has 2 aliphatic rings. The number of nitrogens with zero attached hydrogens (tertiary/aromatic N) is 2. The summed E-state index contributed by atoms with van der Waals surface area (Å²) >= 11 is 0. The second-order valence-electron chi connectivity index (χ2n) is 6.00. The van der Waals surface area contributed by atoms with Gasteiger partial charge >= 0.3 is 0 Å². The number of aromatic amines is 1. The summed E-state index contributed by atoms with van der Waals surface area (Å²) < 4.78 is 5.41. The van der Waals surface area contributed by atoms with E-state index in [0.29, 0.717) is 18.5 Å². The van der Waals surface area contributed by atoms with E-state index in [2.05, 4.69) is 20.2 Å². The fourth-order valence-electron chi connectivity index (χ4n) is 3.21. The fourth-order valence-corrected chi connectivity index (χ4v) is 3.21. The van der Waals surface area contributed by atoms with Crippen LogP contribution in [0.5, 0.6) is 0 Å². The number of rotatable bonds is 4. The monoisotopic (exact) mass is 306 g/mol. The number of ether oxygens (including phenoxy) is 1. The van der Waals surface area contributed by atoms with E-state index < -0.39 is 0 Å². The summed E-state index contributed by atoms with van der Waals surface area (Å²) in [6.07, 6.45) is 5.80. The fraction of sp³-hybridized carbons (Fsp3) is 0.667. The summed E-state index contributed by atoms with van der Waals surface area (Å²) in [6.45, 7) is 4.51. The molecule has 3 rings (SSSR count). The molecular weight excluding hydrogens is 284 g/mol. The number of carbonyl (C=O) groups is 1. The molecule has 2 fully saturated rings. The quantitative estimate of drug-likeness (QED) is 0.817. The smallest absolute Gasteiger partial charge is 0.271 e. The molecule has 0 aliphatic carbocycles. The number of likely N-dealkylation sites (tertiary alicyclic amines) is 1. The van der Waals surface area contributed by atoms with Gasteiger partial charge in [0.05, 0.1) is 6.20 Å². The number of hydrogen-bond acceptors (Lipinski definition) is 5. The van der Waals surface area contributed by atoms with Crippen LogP contribution < -0.4 is 10.9 Å². The van der Waals surface area contributed by atoms with Crippen LogP contribution in [0.2, 0.25) is 0 Å². The van der Waals surface area contributed by atoms with Crippen molar-refractivity contribution in [3.05, 3.63) is 28.4 Å². The van der Waals surface area contributed by atoms with Crippen LogP contribution >= 0.6 is 0 Å². The Morgan fingerprint density at radius 3 is 2.95 bits per heavy atom. The minimum atomic E-state index is -0.306. The molecule has 0 unspecified atom stereocenters. The molecule has 0 aromatic carbocycles. The van der Waals surface area contributed by atoms with Crippen LogP contribution in [-0.2, 0) is 4.74 Å². The second kappa shape index (κ2) is 7.02. The lowest BCUT2D eigenvalue weighted by atomic mass is 10.1. The molecule has 2 N–H and O–H groups in total. The van der Waals surface area contributed by atoms with E-state index in [1.165, 1.54) is 6.20 Å². The first-order valence-corrected chi connectivity index (χ1v) is 7.87. The summed E-state index contributed by atoms with van der Waals surface area (Å²) in [6, 6.07) is 0.635. The molecule has 7 nitrogen and oxygen atoms in total. The lowest BCUT2D eigenvalue weighted by molar-refractivity contribution is 0.0411. The molecule has 1 aromatic heterocycles. The van der Waals surface area contributed by atoms with Gasteiger partial charge < -0.3 is 15.0 Å². The predicted octanol–water partition coefficient (Wildman–Crippen LogP) is 0.000600. The first-order chi connectivity index (χ1) is 10.7. The first-order valence-electron chi connectivity index (χ1n) is 7.87. The third-order valence-corrected chi connectivity index (χ3v) is 4.48. The van der Waals surface area contributed by atoms with Gasteiger partial charge in [-0.05, 0) is 31.7 Å². The maximum atomic E-state index is 12.0. The highest BCUT2D eigenvalue weighted by atomic mass is 16.5. The third kappa shape index (κ3) is 3.72. The Morgan fingerprint density at radius 1 is 1.41 bits per heavy atom. The maximum absolute atomic E-state index is 12.0. The molecule has 120 valence electrons. The van der Waals surface area contributed by atoms with Crippen molar-refractivity contribution in [3.8, 4) is 0 Å². The summed E-state index contributed by atoms with van der Waals surface area (Å²) in [5.41, 5.74) is -0.0571. The molecule has 2 aliphatic heterocycles. The summed E-state index contributed by atoms with van der Waals surface area (Å²) in [5.74, 6) is 0.246. The van der Waals surface area contributed by atoms with Gasteiger partial charge in [0.1, 0.15) is 5.69 Å². The Kier molecular flexibility index (Phi) is 4.84. The van der Waals surface area contributed by atoms with E-state index >= 15 is 0 Å². The van der Waals surface area contributed by atoms with Gasteiger partial charge in [-0.15, -0.1) is 0 Å². The average Bonchev–Trinajstić information content (AvgIpc) is 3.03. The van der Waals surface area contributed by atoms with Gasteiger partial charge in [-0.2, -0.15) is 0 Å². The number of hydrogen-bond donors (Lipinski definition) is 2. The van der Waals surface area contributed by atoms with E-state index in [0.717, 1.165) is 51.8 Å². The summed E-state index contributed by atoms with van der Waals surface area (Å²) in [4.78, 5) is 31.7. The highest BCUT2D eigenvalue weighted by Gasteiger charge is 2.29. The zero-order valence-electron chi connectivity index (χ0n) is 12.6. The van der Waals surface area contributed by atoms with Crippen LogP contribution in [-0.4, -0.2) is 59.7 Å². The zero-order chi connectivity index (χ0) is 15.4. The minimum Gasteiger partial charge on any atom is -0.381 e. The van der Waals surface area contributed by atoms with Gasteiger partial charge in [0.2, 0.25) is 0 Å². The van der Waals surface area contributed by atoms with Crippen molar-refractivity contribution >= 4 is 5.91 Å². The van der Waals surface area contributed by atoms with Crippen molar-refractivity contribution in [2.24, 2.45) is 5.92 Å². The molecule has 1 atom stereocenters. The van der Waals surface area contributed by atoms with E-state index in [-0.39, 0.29) is 17.2 Å². The first kappa shape index (κ1) is 15.2. The molecule has 0 saturated carbocycles. The molecule has 1 amide bonds. The van der Waals surface area contributed by atoms with Crippen molar-refractivity contribution in [2.75, 3.05) is 32.8 Å². The van der Waals surface area contributed by atoms with Gasteiger partial charge in [0.25, 0.3) is 11.5 Å². The molecule has 1 aromatic rings. The van der Waals surface area contributed by atoms with Crippen molar-refractivity contribution in [3.63, 3.8) is 0 Å². The Hall–Kier alpha value is -1.73. The highest BCUT2D eigenvalue weighted by Crippen LogP contribution is 2.23. The minimum absolute atomic E-state index is 0.235. The van der Waals surface area contributed by atoms with Crippen LogP contribution in [0, 0.1) is 5.92 Å². The van der Waals surface area contributed by atoms with Gasteiger partial charge in [0, 0.05) is 38.5 Å². The maximum Gasteiger partial charge on any atom is 0.271 e. The Morgan fingerprint density at radius 2 is 2.23 bits per heavy atom. The van der Waals surface area contributed by atoms with E-state index in [1.807, 2.05) is 0 Å². The van der Waals surface area contributed by atoms with Gasteiger partial charge in [-0.3, -0.25) is 14.5 Å². The Bertz CT molecular complexity index is 548. The zero-order valence-corrected chi connectivity index (χ0v) is 12.6. The van der Waals surface area contributed by atoms with Crippen LogP contribution in [0.15, 0.2) is 17.2 Å². The van der Waals surface area contributed by atoms with Gasteiger partial charge in [-0.25, -0.2) is 4.98 Å². The van der Waals surface area contributed by atoms with Gasteiger partial charge in [0.15, 0.2) is 0 Å². The topological polar surface area (TPSA) is 87.3 Å². The van der Waals surface area contributed by atoms with E-state index in [9.17, 15) is 9.59 Å². The summed E-state index contributed by atoms with van der Waals surface area (Å²) in [7, 11) is 0. The number of aromatic nitrogens is 2. The van der Waals surface area contributed by atoms with Crippen molar-refractivity contribution in [1.82, 2.24) is 20.2 Å². The molecular formula is C15H22N4O3. The highest BCUT2D eigenvalue weighted by molar-refractivity contribution is 5.91. The number of nitrogens with one attached hydrogen (secondary N) is 2. The molecule has 0 bridgehead atoms.